The lowest BCUT2D eigenvalue weighted by atomic mass is 9.93. The molecule has 5 rings (SSSR count). The van der Waals surface area contributed by atoms with Crippen LogP contribution in [0, 0.1) is 18.2 Å². The number of carbonyl (C=O) groups is 1. The van der Waals surface area contributed by atoms with Gasteiger partial charge in [0.15, 0.2) is 0 Å². The van der Waals surface area contributed by atoms with E-state index in [1.54, 1.807) is 24.0 Å². The van der Waals surface area contributed by atoms with Gasteiger partial charge in [0, 0.05) is 55.3 Å². The Hall–Kier alpha value is -2.36. The van der Waals surface area contributed by atoms with Gasteiger partial charge in [-0.15, -0.1) is 0 Å². The van der Waals surface area contributed by atoms with Crippen LogP contribution in [0.5, 0.6) is 0 Å². The predicted molar refractivity (Wildman–Crippen MR) is 128 cm³/mol. The highest BCUT2D eigenvalue weighted by Crippen LogP contribution is 2.54. The maximum Gasteiger partial charge on any atom is 0.261 e. The quantitative estimate of drug-likeness (QED) is 0.553. The van der Waals surface area contributed by atoms with Gasteiger partial charge in [-0.3, -0.25) is 4.79 Å². The summed E-state index contributed by atoms with van der Waals surface area (Å²) in [6.45, 7) is 3.57. The lowest BCUT2D eigenvalue weighted by Crippen LogP contribution is -2.40. The maximum atomic E-state index is 15.1. The van der Waals surface area contributed by atoms with Crippen molar-refractivity contribution >= 4 is 39.3 Å². The molecule has 1 amide bonds. The van der Waals surface area contributed by atoms with Crippen molar-refractivity contribution in [1.29, 1.82) is 0 Å². The number of amides is 1. The number of nitrogens with zero attached hydrogens (tertiary/aromatic N) is 4. The third-order valence-corrected chi connectivity index (χ3v) is 7.70. The number of aryl methyl sites for hydroxylation is 1. The number of alkyl halides is 2. The fourth-order valence-electron chi connectivity index (χ4n) is 4.90. The van der Waals surface area contributed by atoms with Gasteiger partial charge in [0.25, 0.3) is 11.8 Å². The SMILES string of the molecule is Cc1cc(NC(=O)c2c(F)cc(Br)cc2N2CCC3(CC2)CC3)nc(N2CCC(F)(F)CC2)n1. The molecule has 2 saturated heterocycles. The average Bonchev–Trinajstić information content (AvgIpc) is 3.52. The van der Waals surface area contributed by atoms with Crippen LogP contribution in [0.15, 0.2) is 22.7 Å². The molecule has 6 nitrogen and oxygen atoms in total. The van der Waals surface area contributed by atoms with Crippen LogP contribution >= 0.6 is 15.9 Å². The van der Waals surface area contributed by atoms with Crippen LogP contribution in [0.3, 0.4) is 0 Å². The number of benzene rings is 1. The summed E-state index contributed by atoms with van der Waals surface area (Å²) < 4.78 is 42.7. The van der Waals surface area contributed by atoms with Gasteiger partial charge < -0.3 is 15.1 Å². The summed E-state index contributed by atoms with van der Waals surface area (Å²) in [5, 5.41) is 2.72. The van der Waals surface area contributed by atoms with E-state index < -0.39 is 17.6 Å². The molecule has 10 heteroatoms. The lowest BCUT2D eigenvalue weighted by Gasteiger charge is -2.35. The Morgan fingerprint density at radius 2 is 1.62 bits per heavy atom. The van der Waals surface area contributed by atoms with Crippen LogP contribution in [0.25, 0.3) is 0 Å². The van der Waals surface area contributed by atoms with Crippen molar-refractivity contribution in [3.8, 4) is 0 Å². The van der Waals surface area contributed by atoms with E-state index in [1.165, 1.54) is 18.9 Å². The summed E-state index contributed by atoms with van der Waals surface area (Å²) in [6, 6.07) is 4.66. The Labute approximate surface area is 205 Å². The summed E-state index contributed by atoms with van der Waals surface area (Å²) in [6.07, 6.45) is 4.07. The second-order valence-electron chi connectivity index (χ2n) is 9.76. The molecule has 0 radical (unpaired) electrons. The summed E-state index contributed by atoms with van der Waals surface area (Å²) in [5.41, 5.74) is 1.57. The predicted octanol–water partition coefficient (Wildman–Crippen LogP) is 5.55. The molecule has 34 heavy (non-hydrogen) atoms. The van der Waals surface area contributed by atoms with Crippen molar-refractivity contribution in [2.24, 2.45) is 5.41 Å². The fraction of sp³-hybridized carbons (Fsp3) is 0.542. The second kappa shape index (κ2) is 8.70. The molecule has 1 aromatic carbocycles. The minimum Gasteiger partial charge on any atom is -0.371 e. The third kappa shape index (κ3) is 4.87. The molecule has 0 atom stereocenters. The molecule has 0 unspecified atom stereocenters. The molecule has 1 aliphatic carbocycles. The summed E-state index contributed by atoms with van der Waals surface area (Å²) in [7, 11) is 0. The minimum absolute atomic E-state index is 0.0228. The number of hydrogen-bond acceptors (Lipinski definition) is 5. The van der Waals surface area contributed by atoms with Gasteiger partial charge in [-0.05, 0) is 50.2 Å². The van der Waals surface area contributed by atoms with Crippen LogP contribution in [-0.4, -0.2) is 48.0 Å². The first-order valence-corrected chi connectivity index (χ1v) is 12.5. The highest BCUT2D eigenvalue weighted by atomic mass is 79.9. The van der Waals surface area contributed by atoms with Crippen LogP contribution in [0.2, 0.25) is 0 Å². The Kier molecular flexibility index (Phi) is 5.98. The lowest BCUT2D eigenvalue weighted by molar-refractivity contribution is -0.0222. The van der Waals surface area contributed by atoms with E-state index in [0.29, 0.717) is 21.3 Å². The second-order valence-corrected chi connectivity index (χ2v) is 10.7. The zero-order valence-electron chi connectivity index (χ0n) is 19.0. The zero-order chi connectivity index (χ0) is 24.1. The van der Waals surface area contributed by atoms with E-state index in [9.17, 15) is 13.6 Å². The van der Waals surface area contributed by atoms with Gasteiger partial charge in [-0.1, -0.05) is 15.9 Å². The van der Waals surface area contributed by atoms with Crippen LogP contribution in [-0.2, 0) is 0 Å². The normalized spacial score (nSPS) is 21.0. The summed E-state index contributed by atoms with van der Waals surface area (Å²) in [4.78, 5) is 25.8. The molecule has 3 aliphatic rings. The van der Waals surface area contributed by atoms with Crippen molar-refractivity contribution in [2.45, 2.75) is 51.4 Å². The van der Waals surface area contributed by atoms with Crippen molar-refractivity contribution in [3.05, 3.63) is 39.7 Å². The van der Waals surface area contributed by atoms with E-state index >= 15 is 4.39 Å². The van der Waals surface area contributed by atoms with E-state index in [0.717, 1.165) is 25.9 Å². The molecule has 3 heterocycles. The Morgan fingerprint density at radius 3 is 2.26 bits per heavy atom. The maximum absolute atomic E-state index is 15.1. The molecule has 3 fully saturated rings. The van der Waals surface area contributed by atoms with Crippen LogP contribution < -0.4 is 15.1 Å². The third-order valence-electron chi connectivity index (χ3n) is 7.24. The van der Waals surface area contributed by atoms with Crippen molar-refractivity contribution in [2.75, 3.05) is 41.3 Å². The molecular weight excluding hydrogens is 511 g/mol. The first-order valence-electron chi connectivity index (χ1n) is 11.7. The smallest absolute Gasteiger partial charge is 0.261 e. The highest BCUT2D eigenvalue weighted by Gasteiger charge is 2.45. The standard InChI is InChI=1S/C24H27BrF3N5O/c1-15-12-19(31-22(29-15)33-10-6-24(27,28)7-11-33)30-21(34)20-17(26)13-16(25)14-18(20)32-8-4-23(2-3-23)5-9-32/h12-14H,2-11H2,1H3,(H,29,30,31,34). The highest BCUT2D eigenvalue weighted by molar-refractivity contribution is 9.10. The fourth-order valence-corrected chi connectivity index (χ4v) is 5.32. The number of hydrogen-bond donors (Lipinski definition) is 1. The number of nitrogens with one attached hydrogen (secondary N) is 1. The van der Waals surface area contributed by atoms with Crippen molar-refractivity contribution < 1.29 is 18.0 Å². The van der Waals surface area contributed by atoms with E-state index in [2.05, 4.69) is 36.1 Å². The van der Waals surface area contributed by atoms with Gasteiger partial charge in [0.1, 0.15) is 11.6 Å². The van der Waals surface area contributed by atoms with Crippen molar-refractivity contribution in [3.63, 3.8) is 0 Å². The molecular formula is C24H27BrF3N5O. The Balaban J connectivity index is 1.38. The zero-order valence-corrected chi connectivity index (χ0v) is 20.6. The van der Waals surface area contributed by atoms with E-state index in [1.807, 2.05) is 0 Å². The van der Waals surface area contributed by atoms with Gasteiger partial charge in [0.2, 0.25) is 5.95 Å². The molecule has 182 valence electrons. The molecule has 2 aromatic rings. The summed E-state index contributed by atoms with van der Waals surface area (Å²) >= 11 is 3.36. The molecule has 1 spiro atoms. The van der Waals surface area contributed by atoms with Crippen LogP contribution in [0.1, 0.15) is 54.6 Å². The Bertz CT molecular complexity index is 1100. The van der Waals surface area contributed by atoms with Gasteiger partial charge in [-0.2, -0.15) is 4.98 Å². The first kappa shape index (κ1) is 23.4. The molecule has 1 N–H and O–H groups in total. The monoisotopic (exact) mass is 537 g/mol. The average molecular weight is 538 g/mol. The van der Waals surface area contributed by atoms with Gasteiger partial charge in [-0.25, -0.2) is 18.2 Å². The summed E-state index contributed by atoms with van der Waals surface area (Å²) in [5.74, 6) is -3.39. The Morgan fingerprint density at radius 1 is 0.971 bits per heavy atom. The number of anilines is 3. The molecule has 2 aliphatic heterocycles. The largest absolute Gasteiger partial charge is 0.371 e. The number of piperidine rings is 2. The number of halogens is 4. The van der Waals surface area contributed by atoms with Crippen molar-refractivity contribution in [1.82, 2.24) is 9.97 Å². The molecule has 0 bridgehead atoms. The van der Waals surface area contributed by atoms with Gasteiger partial charge in [0.05, 0.1) is 11.3 Å². The first-order chi connectivity index (χ1) is 16.1. The van der Waals surface area contributed by atoms with Gasteiger partial charge >= 0.3 is 0 Å². The van der Waals surface area contributed by atoms with E-state index in [-0.39, 0.29) is 43.3 Å². The number of rotatable bonds is 4. The minimum atomic E-state index is -2.68. The number of carbonyl (C=O) groups excluding carboxylic acids is 1. The molecule has 1 saturated carbocycles. The number of aromatic nitrogens is 2. The molecule has 1 aromatic heterocycles. The van der Waals surface area contributed by atoms with E-state index in [4.69, 9.17) is 0 Å². The topological polar surface area (TPSA) is 61.4 Å². The van der Waals surface area contributed by atoms with Crippen LogP contribution in [0.4, 0.5) is 30.6 Å².